The molecule has 0 unspecified atom stereocenters. The SMILES string of the molecule is N#Cc1cc(F)ccc1/C(=C(\c1ccc(/C=C/C(=O)O)cc1)c1ccc2c(c1)CNN2)C1CCC1. The van der Waals surface area contributed by atoms with Crippen molar-refractivity contribution in [2.24, 2.45) is 5.92 Å². The summed E-state index contributed by atoms with van der Waals surface area (Å²) < 4.78 is 14.0. The number of hydrogen-bond acceptors (Lipinski definition) is 4. The van der Waals surface area contributed by atoms with Crippen LogP contribution in [0, 0.1) is 23.1 Å². The molecule has 0 aromatic heterocycles. The van der Waals surface area contributed by atoms with Crippen LogP contribution in [0.5, 0.6) is 0 Å². The molecule has 1 aliphatic carbocycles. The van der Waals surface area contributed by atoms with Crippen molar-refractivity contribution in [2.75, 3.05) is 5.43 Å². The Labute approximate surface area is 203 Å². The summed E-state index contributed by atoms with van der Waals surface area (Å²) in [6.07, 6.45) is 5.80. The highest BCUT2D eigenvalue weighted by Gasteiger charge is 2.29. The number of nitrogens with one attached hydrogen (secondary N) is 2. The van der Waals surface area contributed by atoms with Crippen molar-refractivity contribution in [1.29, 1.82) is 5.26 Å². The average Bonchev–Trinajstić information content (AvgIpc) is 3.30. The second-order valence-corrected chi connectivity index (χ2v) is 8.86. The third kappa shape index (κ3) is 4.59. The molecule has 1 saturated carbocycles. The van der Waals surface area contributed by atoms with Gasteiger partial charge in [0.05, 0.1) is 17.3 Å². The molecule has 5 nitrogen and oxygen atoms in total. The van der Waals surface area contributed by atoms with Gasteiger partial charge in [0.15, 0.2) is 0 Å². The van der Waals surface area contributed by atoms with Gasteiger partial charge in [0, 0.05) is 12.6 Å². The molecule has 1 fully saturated rings. The van der Waals surface area contributed by atoms with Crippen LogP contribution in [0.2, 0.25) is 0 Å². The zero-order valence-corrected chi connectivity index (χ0v) is 19.0. The highest BCUT2D eigenvalue weighted by atomic mass is 19.1. The van der Waals surface area contributed by atoms with E-state index in [0.717, 1.165) is 70.0 Å². The van der Waals surface area contributed by atoms with Crippen molar-refractivity contribution in [3.8, 4) is 6.07 Å². The number of benzene rings is 3. The van der Waals surface area contributed by atoms with Crippen molar-refractivity contribution in [1.82, 2.24) is 5.43 Å². The fraction of sp³-hybridized carbons (Fsp3) is 0.172. The number of carbonyl (C=O) groups is 1. The van der Waals surface area contributed by atoms with E-state index in [1.165, 1.54) is 12.1 Å². The normalized spacial score (nSPS) is 15.7. The standard InChI is InChI=1S/C29H24FN3O2/c30-24-10-11-25(22(15-24)16-31)29(19-2-1-3-19)28(21-9-12-26-23(14-21)17-32-33-26)20-7-4-18(5-8-20)6-13-27(34)35/h4-15,19,32-33H,1-3,17H2,(H,34,35)/b13-6+,29-28+. The molecule has 0 saturated heterocycles. The predicted molar refractivity (Wildman–Crippen MR) is 134 cm³/mol. The van der Waals surface area contributed by atoms with Gasteiger partial charge >= 0.3 is 5.97 Å². The fourth-order valence-electron chi connectivity index (χ4n) is 4.76. The van der Waals surface area contributed by atoms with Crippen LogP contribution in [0.15, 0.2) is 66.7 Å². The first-order valence-electron chi connectivity index (χ1n) is 11.6. The molecule has 2 aliphatic rings. The fourth-order valence-corrected chi connectivity index (χ4v) is 4.76. The number of hydrazine groups is 1. The van der Waals surface area contributed by atoms with E-state index in [-0.39, 0.29) is 5.92 Å². The smallest absolute Gasteiger partial charge is 0.328 e. The van der Waals surface area contributed by atoms with Crippen LogP contribution in [0.1, 0.15) is 52.6 Å². The number of nitriles is 1. The van der Waals surface area contributed by atoms with E-state index in [1.807, 2.05) is 30.3 Å². The van der Waals surface area contributed by atoms with E-state index in [2.05, 4.69) is 29.1 Å². The third-order valence-electron chi connectivity index (χ3n) is 6.69. The second-order valence-electron chi connectivity index (χ2n) is 8.86. The summed E-state index contributed by atoms with van der Waals surface area (Å²) in [6.45, 7) is 0.703. The molecule has 3 N–H and O–H groups in total. The third-order valence-corrected chi connectivity index (χ3v) is 6.69. The molecule has 174 valence electrons. The monoisotopic (exact) mass is 465 g/mol. The van der Waals surface area contributed by atoms with Crippen molar-refractivity contribution in [3.05, 3.63) is 106 Å². The summed E-state index contributed by atoms with van der Waals surface area (Å²) in [5.41, 5.74) is 14.4. The summed E-state index contributed by atoms with van der Waals surface area (Å²) in [4.78, 5) is 10.9. The number of carboxylic acid groups (broad SMARTS) is 1. The quantitative estimate of drug-likeness (QED) is 0.308. The van der Waals surface area contributed by atoms with Crippen LogP contribution in [0.4, 0.5) is 10.1 Å². The van der Waals surface area contributed by atoms with E-state index < -0.39 is 11.8 Å². The molecule has 1 heterocycles. The summed E-state index contributed by atoms with van der Waals surface area (Å²) in [5.74, 6) is -1.16. The van der Waals surface area contributed by atoms with Crippen molar-refractivity contribution in [3.63, 3.8) is 0 Å². The number of halogens is 1. The zero-order chi connectivity index (χ0) is 24.4. The number of carboxylic acids is 1. The van der Waals surface area contributed by atoms with Crippen LogP contribution in [-0.2, 0) is 11.3 Å². The van der Waals surface area contributed by atoms with E-state index in [9.17, 15) is 14.4 Å². The number of anilines is 1. The highest BCUT2D eigenvalue weighted by Crippen LogP contribution is 2.46. The highest BCUT2D eigenvalue weighted by molar-refractivity contribution is 6.01. The molecule has 0 spiro atoms. The molecule has 0 radical (unpaired) electrons. The lowest BCUT2D eigenvalue weighted by Gasteiger charge is -2.32. The molecule has 3 aromatic carbocycles. The Morgan fingerprint density at radius 2 is 1.83 bits per heavy atom. The topological polar surface area (TPSA) is 85.2 Å². The van der Waals surface area contributed by atoms with Crippen LogP contribution in [0.3, 0.4) is 0 Å². The Morgan fingerprint density at radius 1 is 1.06 bits per heavy atom. The zero-order valence-electron chi connectivity index (χ0n) is 19.0. The number of hydrogen-bond donors (Lipinski definition) is 3. The van der Waals surface area contributed by atoms with Gasteiger partial charge in [-0.2, -0.15) is 5.26 Å². The Morgan fingerprint density at radius 3 is 2.51 bits per heavy atom. The van der Waals surface area contributed by atoms with Gasteiger partial charge in [-0.1, -0.05) is 42.8 Å². The first-order chi connectivity index (χ1) is 17.0. The number of rotatable bonds is 6. The molecule has 3 aromatic rings. The number of allylic oxidation sites excluding steroid dienone is 1. The maximum absolute atomic E-state index is 14.0. The minimum Gasteiger partial charge on any atom is -0.478 e. The van der Waals surface area contributed by atoms with Gasteiger partial charge in [-0.15, -0.1) is 0 Å². The van der Waals surface area contributed by atoms with Crippen molar-refractivity contribution >= 4 is 28.9 Å². The maximum Gasteiger partial charge on any atom is 0.328 e. The lowest BCUT2D eigenvalue weighted by molar-refractivity contribution is -0.131. The Kier molecular flexibility index (Phi) is 6.17. The summed E-state index contributed by atoms with van der Waals surface area (Å²) in [5, 5.41) is 18.8. The molecular weight excluding hydrogens is 441 g/mol. The second kappa shape index (κ2) is 9.57. The number of aliphatic carboxylic acids is 1. The average molecular weight is 466 g/mol. The van der Waals surface area contributed by atoms with E-state index in [1.54, 1.807) is 12.1 Å². The van der Waals surface area contributed by atoms with Gasteiger partial charge in [0.1, 0.15) is 5.82 Å². The molecule has 0 amide bonds. The largest absolute Gasteiger partial charge is 0.478 e. The van der Waals surface area contributed by atoms with Gasteiger partial charge in [0.2, 0.25) is 0 Å². The van der Waals surface area contributed by atoms with Gasteiger partial charge < -0.3 is 10.5 Å². The molecule has 5 rings (SSSR count). The van der Waals surface area contributed by atoms with Gasteiger partial charge in [0.25, 0.3) is 0 Å². The van der Waals surface area contributed by atoms with Gasteiger partial charge in [-0.05, 0) is 88.1 Å². The molecular formula is C29H24FN3O2. The van der Waals surface area contributed by atoms with Gasteiger partial charge in [-0.25, -0.2) is 14.6 Å². The molecule has 1 aliphatic heterocycles. The number of fused-ring (bicyclic) bond motifs is 1. The van der Waals surface area contributed by atoms with Crippen LogP contribution >= 0.6 is 0 Å². The summed E-state index contributed by atoms with van der Waals surface area (Å²) in [6, 6.07) is 20.7. The Bertz CT molecular complexity index is 1400. The molecule has 6 heteroatoms. The summed E-state index contributed by atoms with van der Waals surface area (Å²) >= 11 is 0. The Hall–Kier alpha value is -4.21. The lowest BCUT2D eigenvalue weighted by Crippen LogP contribution is -2.16. The van der Waals surface area contributed by atoms with E-state index in [4.69, 9.17) is 5.11 Å². The lowest BCUT2D eigenvalue weighted by atomic mass is 9.72. The maximum atomic E-state index is 14.0. The Balaban J connectivity index is 1.75. The van der Waals surface area contributed by atoms with Crippen molar-refractivity contribution in [2.45, 2.75) is 25.8 Å². The van der Waals surface area contributed by atoms with Crippen LogP contribution in [0.25, 0.3) is 17.2 Å². The van der Waals surface area contributed by atoms with Gasteiger partial charge in [-0.3, -0.25) is 0 Å². The summed E-state index contributed by atoms with van der Waals surface area (Å²) in [7, 11) is 0. The van der Waals surface area contributed by atoms with Crippen molar-refractivity contribution < 1.29 is 14.3 Å². The molecule has 0 atom stereocenters. The first kappa shape index (κ1) is 22.6. The minimum atomic E-state index is -0.998. The minimum absolute atomic E-state index is 0.263. The van der Waals surface area contributed by atoms with E-state index >= 15 is 0 Å². The predicted octanol–water partition coefficient (Wildman–Crippen LogP) is 5.98. The first-order valence-corrected chi connectivity index (χ1v) is 11.6. The number of nitrogens with zero attached hydrogens (tertiary/aromatic N) is 1. The van der Waals surface area contributed by atoms with Crippen LogP contribution in [-0.4, -0.2) is 11.1 Å². The van der Waals surface area contributed by atoms with E-state index in [0.29, 0.717) is 12.1 Å². The van der Waals surface area contributed by atoms with Crippen LogP contribution < -0.4 is 10.9 Å². The molecule has 35 heavy (non-hydrogen) atoms. The molecule has 0 bridgehead atoms.